The second-order valence-corrected chi connectivity index (χ2v) is 6.48. The molecule has 1 aromatic heterocycles. The minimum Gasteiger partial charge on any atom is -0.493 e. The second-order valence-electron chi connectivity index (χ2n) is 6.48. The van der Waals surface area contributed by atoms with E-state index < -0.39 is 17.7 Å². The fourth-order valence-electron chi connectivity index (χ4n) is 2.67. The summed E-state index contributed by atoms with van der Waals surface area (Å²) < 4.78 is 16.4. The highest BCUT2D eigenvalue weighted by Gasteiger charge is 2.15. The zero-order valence-electron chi connectivity index (χ0n) is 17.4. The molecule has 0 atom stereocenters. The number of rotatable bonds is 9. The summed E-state index contributed by atoms with van der Waals surface area (Å²) in [5, 5.41) is 2.48. The van der Waals surface area contributed by atoms with Crippen molar-refractivity contribution in [1.82, 2.24) is 16.2 Å². The van der Waals surface area contributed by atoms with Crippen LogP contribution in [0.1, 0.15) is 33.6 Å². The highest BCUT2D eigenvalue weighted by atomic mass is 16.5. The van der Waals surface area contributed by atoms with Crippen molar-refractivity contribution in [2.45, 2.75) is 13.5 Å². The molecule has 0 spiro atoms. The van der Waals surface area contributed by atoms with E-state index in [1.165, 1.54) is 6.07 Å². The normalized spacial score (nSPS) is 10.2. The molecule has 0 aliphatic rings. The average Bonchev–Trinajstić information content (AvgIpc) is 3.30. The minimum atomic E-state index is -0.641. The second kappa shape index (κ2) is 11.2. The zero-order valence-corrected chi connectivity index (χ0v) is 17.4. The average molecular weight is 437 g/mol. The maximum atomic E-state index is 12.3. The number of ether oxygens (including phenoxy) is 2. The van der Waals surface area contributed by atoms with Crippen LogP contribution in [-0.4, -0.2) is 30.9 Å². The smallest absolute Gasteiger partial charge is 0.305 e. The molecule has 0 bridgehead atoms. The van der Waals surface area contributed by atoms with Crippen LogP contribution in [0.4, 0.5) is 0 Å². The Morgan fingerprint density at radius 3 is 2.38 bits per heavy atom. The molecule has 0 fully saturated rings. The Balaban J connectivity index is 1.42. The number of carbonyl (C=O) groups excluding carboxylic acids is 3. The van der Waals surface area contributed by atoms with Crippen molar-refractivity contribution >= 4 is 17.7 Å². The van der Waals surface area contributed by atoms with Crippen LogP contribution < -0.4 is 25.6 Å². The maximum absolute atomic E-state index is 12.3. The number of para-hydroxylation sites is 2. The van der Waals surface area contributed by atoms with Crippen molar-refractivity contribution in [3.63, 3.8) is 0 Å². The van der Waals surface area contributed by atoms with E-state index in [1.807, 2.05) is 25.1 Å². The Kier molecular flexibility index (Phi) is 7.85. The van der Waals surface area contributed by atoms with E-state index in [9.17, 15) is 14.4 Å². The zero-order chi connectivity index (χ0) is 22.8. The van der Waals surface area contributed by atoms with Crippen LogP contribution in [0, 0.1) is 0 Å². The fourth-order valence-corrected chi connectivity index (χ4v) is 2.67. The van der Waals surface area contributed by atoms with Crippen LogP contribution in [0.5, 0.6) is 11.5 Å². The highest BCUT2D eigenvalue weighted by Crippen LogP contribution is 2.17. The molecule has 0 aliphatic heterocycles. The Labute approximate surface area is 184 Å². The van der Waals surface area contributed by atoms with Gasteiger partial charge < -0.3 is 19.2 Å². The Morgan fingerprint density at radius 1 is 0.844 bits per heavy atom. The molecule has 9 heteroatoms. The lowest BCUT2D eigenvalue weighted by Crippen LogP contribution is -2.46. The SMILES string of the molecule is CCOc1ccccc1C(=O)NCC(=O)NNC(=O)c1ccc(COc2ccccc2)o1. The van der Waals surface area contributed by atoms with Gasteiger partial charge in [0.25, 0.3) is 11.8 Å². The molecule has 0 unspecified atom stereocenters. The van der Waals surface area contributed by atoms with Crippen molar-refractivity contribution in [2.24, 2.45) is 0 Å². The summed E-state index contributed by atoms with van der Waals surface area (Å²) in [6, 6.07) is 19.0. The van der Waals surface area contributed by atoms with E-state index >= 15 is 0 Å². The van der Waals surface area contributed by atoms with Gasteiger partial charge in [-0.1, -0.05) is 30.3 Å². The lowest BCUT2D eigenvalue weighted by molar-refractivity contribution is -0.120. The summed E-state index contributed by atoms with van der Waals surface area (Å²) in [6.45, 7) is 2.03. The number of hydrogen-bond donors (Lipinski definition) is 3. The lowest BCUT2D eigenvalue weighted by Gasteiger charge is -2.10. The van der Waals surface area contributed by atoms with Gasteiger partial charge in [-0.05, 0) is 43.3 Å². The first-order chi connectivity index (χ1) is 15.6. The molecule has 0 aliphatic carbocycles. The van der Waals surface area contributed by atoms with Gasteiger partial charge in [-0.25, -0.2) is 0 Å². The number of carbonyl (C=O) groups is 3. The summed E-state index contributed by atoms with van der Waals surface area (Å²) in [6.07, 6.45) is 0. The summed E-state index contributed by atoms with van der Waals surface area (Å²) in [5.74, 6) is -0.168. The van der Waals surface area contributed by atoms with Crippen LogP contribution in [0.25, 0.3) is 0 Å². The van der Waals surface area contributed by atoms with E-state index in [1.54, 1.807) is 42.5 Å². The summed E-state index contributed by atoms with van der Waals surface area (Å²) >= 11 is 0. The number of amides is 3. The first-order valence-electron chi connectivity index (χ1n) is 9.92. The summed E-state index contributed by atoms with van der Waals surface area (Å²) in [4.78, 5) is 36.4. The molecule has 32 heavy (non-hydrogen) atoms. The van der Waals surface area contributed by atoms with Gasteiger partial charge in [0, 0.05) is 0 Å². The third kappa shape index (κ3) is 6.36. The van der Waals surface area contributed by atoms with Crippen molar-refractivity contribution in [3.05, 3.63) is 83.8 Å². The molecule has 166 valence electrons. The van der Waals surface area contributed by atoms with Crippen LogP contribution in [-0.2, 0) is 11.4 Å². The molecule has 3 amide bonds. The van der Waals surface area contributed by atoms with Gasteiger partial charge in [-0.2, -0.15) is 0 Å². The molecule has 0 saturated heterocycles. The fraction of sp³-hybridized carbons (Fsp3) is 0.174. The van der Waals surface area contributed by atoms with Crippen molar-refractivity contribution < 1.29 is 28.3 Å². The minimum absolute atomic E-state index is 0.00615. The molecular formula is C23H23N3O6. The molecule has 3 rings (SSSR count). The molecular weight excluding hydrogens is 414 g/mol. The summed E-state index contributed by atoms with van der Waals surface area (Å²) in [7, 11) is 0. The summed E-state index contributed by atoms with van der Waals surface area (Å²) in [5.41, 5.74) is 4.76. The highest BCUT2D eigenvalue weighted by molar-refractivity contribution is 5.99. The van der Waals surface area contributed by atoms with Gasteiger partial charge in [0.1, 0.15) is 23.9 Å². The first kappa shape index (κ1) is 22.4. The van der Waals surface area contributed by atoms with Crippen molar-refractivity contribution in [3.8, 4) is 11.5 Å². The molecule has 3 aromatic rings. The number of hydrogen-bond acceptors (Lipinski definition) is 6. The molecule has 3 N–H and O–H groups in total. The number of benzene rings is 2. The van der Waals surface area contributed by atoms with E-state index in [4.69, 9.17) is 13.9 Å². The van der Waals surface area contributed by atoms with Crippen LogP contribution in [0.15, 0.2) is 71.1 Å². The Bertz CT molecular complexity index is 1060. The maximum Gasteiger partial charge on any atom is 0.305 e. The lowest BCUT2D eigenvalue weighted by atomic mass is 10.2. The standard InChI is InChI=1S/C23H23N3O6/c1-2-30-19-11-7-6-10-18(19)22(28)24-14-21(27)25-26-23(29)20-13-12-17(32-20)15-31-16-8-4-3-5-9-16/h3-13H,2,14-15H2,1H3,(H,24,28)(H,25,27)(H,26,29). The number of nitrogens with one attached hydrogen (secondary N) is 3. The van der Waals surface area contributed by atoms with E-state index in [0.717, 1.165) is 0 Å². The van der Waals surface area contributed by atoms with Gasteiger partial charge in [-0.3, -0.25) is 25.2 Å². The third-order valence-corrected chi connectivity index (χ3v) is 4.17. The Morgan fingerprint density at radius 2 is 1.59 bits per heavy atom. The van der Waals surface area contributed by atoms with Gasteiger partial charge in [0.2, 0.25) is 0 Å². The molecule has 0 saturated carbocycles. The largest absolute Gasteiger partial charge is 0.493 e. The Hall–Kier alpha value is -4.27. The van der Waals surface area contributed by atoms with E-state index in [-0.39, 0.29) is 18.9 Å². The van der Waals surface area contributed by atoms with Crippen LogP contribution in [0.3, 0.4) is 0 Å². The van der Waals surface area contributed by atoms with E-state index in [2.05, 4.69) is 16.2 Å². The van der Waals surface area contributed by atoms with Crippen LogP contribution in [0.2, 0.25) is 0 Å². The van der Waals surface area contributed by atoms with Gasteiger partial charge in [0.05, 0.1) is 18.7 Å². The molecule has 9 nitrogen and oxygen atoms in total. The quantitative estimate of drug-likeness (QED) is 0.443. The number of hydrazine groups is 1. The van der Waals surface area contributed by atoms with Crippen LogP contribution >= 0.6 is 0 Å². The van der Waals surface area contributed by atoms with E-state index in [0.29, 0.717) is 29.4 Å². The van der Waals surface area contributed by atoms with Gasteiger partial charge >= 0.3 is 5.91 Å². The topological polar surface area (TPSA) is 119 Å². The monoisotopic (exact) mass is 437 g/mol. The molecule has 0 radical (unpaired) electrons. The van der Waals surface area contributed by atoms with Gasteiger partial charge in [0.15, 0.2) is 5.76 Å². The van der Waals surface area contributed by atoms with Crippen molar-refractivity contribution in [2.75, 3.05) is 13.2 Å². The molecule has 1 heterocycles. The van der Waals surface area contributed by atoms with Gasteiger partial charge in [-0.15, -0.1) is 0 Å². The molecule has 2 aromatic carbocycles. The first-order valence-corrected chi connectivity index (χ1v) is 9.92. The third-order valence-electron chi connectivity index (χ3n) is 4.17. The number of furan rings is 1. The van der Waals surface area contributed by atoms with Crippen molar-refractivity contribution in [1.29, 1.82) is 0 Å². The predicted octanol–water partition coefficient (Wildman–Crippen LogP) is 2.45. The predicted molar refractivity (Wildman–Crippen MR) is 115 cm³/mol.